The summed E-state index contributed by atoms with van der Waals surface area (Å²) in [6.07, 6.45) is 6.18. The molecule has 1 aliphatic carbocycles. The van der Waals surface area contributed by atoms with Crippen molar-refractivity contribution in [2.45, 2.75) is 50.7 Å². The second kappa shape index (κ2) is 10.7. The molecule has 1 saturated heterocycles. The van der Waals surface area contributed by atoms with Gasteiger partial charge in [-0.1, -0.05) is 42.5 Å². The highest BCUT2D eigenvalue weighted by atomic mass is 15.3. The summed E-state index contributed by atoms with van der Waals surface area (Å²) in [4.78, 5) is 14.1. The molecule has 0 bridgehead atoms. The van der Waals surface area contributed by atoms with Crippen molar-refractivity contribution in [3.05, 3.63) is 66.5 Å². The molecular formula is C30H38N8. The van der Waals surface area contributed by atoms with E-state index in [0.717, 1.165) is 40.8 Å². The van der Waals surface area contributed by atoms with Gasteiger partial charge in [-0.25, -0.2) is 14.6 Å². The van der Waals surface area contributed by atoms with Gasteiger partial charge in [-0.3, -0.25) is 4.90 Å². The van der Waals surface area contributed by atoms with Crippen LogP contribution in [0.4, 0.5) is 11.5 Å². The molecule has 1 atom stereocenters. The molecule has 198 valence electrons. The van der Waals surface area contributed by atoms with Crippen LogP contribution in [-0.2, 0) is 0 Å². The molecule has 2 aromatic carbocycles. The molecule has 2 aromatic heterocycles. The summed E-state index contributed by atoms with van der Waals surface area (Å²) in [6.45, 7) is 6.87. The molecule has 1 saturated carbocycles. The van der Waals surface area contributed by atoms with Crippen molar-refractivity contribution < 1.29 is 0 Å². The SMILES string of the molecule is CC(Nc1ccc(-c2nn(C3CCC(N4CCN(C)CC4)CC3)c3ncnc(N)c23)cc1)c1ccccc1. The van der Waals surface area contributed by atoms with E-state index < -0.39 is 0 Å². The number of hydrogen-bond donors (Lipinski definition) is 2. The van der Waals surface area contributed by atoms with E-state index >= 15 is 0 Å². The van der Waals surface area contributed by atoms with Crippen LogP contribution >= 0.6 is 0 Å². The van der Waals surface area contributed by atoms with E-state index in [1.54, 1.807) is 6.33 Å². The third kappa shape index (κ3) is 4.98. The van der Waals surface area contributed by atoms with Gasteiger partial charge < -0.3 is 16.0 Å². The Morgan fingerprint density at radius 1 is 0.868 bits per heavy atom. The largest absolute Gasteiger partial charge is 0.383 e. The molecule has 8 heteroatoms. The number of rotatable bonds is 6. The lowest BCUT2D eigenvalue weighted by molar-refractivity contribution is 0.0815. The number of benzene rings is 2. The third-order valence-corrected chi connectivity index (χ3v) is 8.43. The molecule has 2 aliphatic rings. The molecule has 0 spiro atoms. The van der Waals surface area contributed by atoms with Crippen molar-refractivity contribution in [1.29, 1.82) is 0 Å². The number of nitrogens with zero attached hydrogens (tertiary/aromatic N) is 6. The van der Waals surface area contributed by atoms with Crippen molar-refractivity contribution >= 4 is 22.5 Å². The maximum atomic E-state index is 6.40. The molecule has 6 rings (SSSR count). The molecule has 0 radical (unpaired) electrons. The zero-order valence-corrected chi connectivity index (χ0v) is 22.4. The van der Waals surface area contributed by atoms with E-state index in [2.05, 4.69) is 92.3 Å². The van der Waals surface area contributed by atoms with Crippen LogP contribution in [0.3, 0.4) is 0 Å². The maximum absolute atomic E-state index is 6.40. The zero-order valence-electron chi connectivity index (χ0n) is 22.4. The summed E-state index contributed by atoms with van der Waals surface area (Å²) in [7, 11) is 2.22. The van der Waals surface area contributed by atoms with Gasteiger partial charge in [-0.05, 0) is 57.4 Å². The van der Waals surface area contributed by atoms with Crippen molar-refractivity contribution in [3.8, 4) is 11.3 Å². The van der Waals surface area contributed by atoms with Gasteiger partial charge in [-0.2, -0.15) is 5.10 Å². The smallest absolute Gasteiger partial charge is 0.164 e. The monoisotopic (exact) mass is 510 g/mol. The van der Waals surface area contributed by atoms with Gasteiger partial charge in [0.2, 0.25) is 0 Å². The van der Waals surface area contributed by atoms with Crippen LogP contribution in [0.1, 0.15) is 50.3 Å². The van der Waals surface area contributed by atoms with Gasteiger partial charge in [0, 0.05) is 49.5 Å². The number of fused-ring (bicyclic) bond motifs is 1. The Bertz CT molecular complexity index is 1350. The predicted molar refractivity (Wildman–Crippen MR) is 154 cm³/mol. The molecule has 1 aliphatic heterocycles. The first-order valence-electron chi connectivity index (χ1n) is 13.9. The van der Waals surface area contributed by atoms with E-state index in [1.165, 1.54) is 44.6 Å². The van der Waals surface area contributed by atoms with Crippen LogP contribution in [0, 0.1) is 0 Å². The van der Waals surface area contributed by atoms with Gasteiger partial charge in [0.25, 0.3) is 0 Å². The second-order valence-electron chi connectivity index (χ2n) is 10.9. The number of anilines is 2. The van der Waals surface area contributed by atoms with Crippen LogP contribution in [-0.4, -0.2) is 68.8 Å². The third-order valence-electron chi connectivity index (χ3n) is 8.43. The first-order chi connectivity index (χ1) is 18.6. The van der Waals surface area contributed by atoms with Crippen LogP contribution < -0.4 is 11.1 Å². The van der Waals surface area contributed by atoms with Gasteiger partial charge in [0.15, 0.2) is 5.65 Å². The summed E-state index contributed by atoms with van der Waals surface area (Å²) in [5, 5.41) is 9.57. The van der Waals surface area contributed by atoms with Crippen LogP contribution in [0.15, 0.2) is 60.9 Å². The lowest BCUT2D eigenvalue weighted by atomic mass is 9.90. The summed E-state index contributed by atoms with van der Waals surface area (Å²) in [6, 6.07) is 20.2. The summed E-state index contributed by atoms with van der Waals surface area (Å²) >= 11 is 0. The van der Waals surface area contributed by atoms with E-state index in [-0.39, 0.29) is 6.04 Å². The molecule has 1 unspecified atom stereocenters. The molecule has 3 heterocycles. The fourth-order valence-electron chi connectivity index (χ4n) is 6.11. The Morgan fingerprint density at radius 3 is 2.26 bits per heavy atom. The Morgan fingerprint density at radius 2 is 1.55 bits per heavy atom. The molecule has 38 heavy (non-hydrogen) atoms. The number of hydrogen-bond acceptors (Lipinski definition) is 7. The van der Waals surface area contributed by atoms with Gasteiger partial charge >= 0.3 is 0 Å². The minimum atomic E-state index is 0.215. The summed E-state index contributed by atoms with van der Waals surface area (Å²) in [5.41, 5.74) is 11.5. The molecule has 4 aromatic rings. The number of likely N-dealkylation sites (N-methyl/N-ethyl adjacent to an activating group) is 1. The van der Waals surface area contributed by atoms with Gasteiger partial charge in [0.05, 0.1) is 11.4 Å². The minimum Gasteiger partial charge on any atom is -0.383 e. The van der Waals surface area contributed by atoms with Crippen LogP contribution in [0.25, 0.3) is 22.3 Å². The van der Waals surface area contributed by atoms with Crippen LogP contribution in [0.5, 0.6) is 0 Å². The maximum Gasteiger partial charge on any atom is 0.164 e. The molecule has 8 nitrogen and oxygen atoms in total. The topological polar surface area (TPSA) is 88.1 Å². The lowest BCUT2D eigenvalue weighted by Gasteiger charge is -2.41. The summed E-state index contributed by atoms with van der Waals surface area (Å²) < 4.78 is 2.13. The molecule has 2 fully saturated rings. The molecule has 0 amide bonds. The quantitative estimate of drug-likeness (QED) is 0.378. The average molecular weight is 511 g/mol. The predicted octanol–water partition coefficient (Wildman–Crippen LogP) is 4.98. The van der Waals surface area contributed by atoms with Crippen molar-refractivity contribution in [1.82, 2.24) is 29.5 Å². The number of piperazine rings is 1. The van der Waals surface area contributed by atoms with E-state index in [0.29, 0.717) is 17.9 Å². The highest BCUT2D eigenvalue weighted by Gasteiger charge is 2.30. The Hall–Kier alpha value is -3.49. The second-order valence-corrected chi connectivity index (χ2v) is 10.9. The van der Waals surface area contributed by atoms with Crippen molar-refractivity contribution in [2.75, 3.05) is 44.3 Å². The van der Waals surface area contributed by atoms with Crippen molar-refractivity contribution in [2.24, 2.45) is 0 Å². The Labute approximate surface area is 224 Å². The molecule has 3 N–H and O–H groups in total. The van der Waals surface area contributed by atoms with Crippen LogP contribution in [0.2, 0.25) is 0 Å². The molecular weight excluding hydrogens is 472 g/mol. The van der Waals surface area contributed by atoms with E-state index in [4.69, 9.17) is 10.8 Å². The number of nitrogens with one attached hydrogen (secondary N) is 1. The summed E-state index contributed by atoms with van der Waals surface area (Å²) in [5.74, 6) is 0.488. The van der Waals surface area contributed by atoms with Gasteiger partial charge in [0.1, 0.15) is 17.8 Å². The Kier molecular flexibility index (Phi) is 7.00. The zero-order chi connectivity index (χ0) is 26.1. The number of nitrogen functional groups attached to an aromatic ring is 1. The first-order valence-corrected chi connectivity index (χ1v) is 13.9. The Balaban J connectivity index is 1.21. The normalized spacial score (nSPS) is 21.9. The van der Waals surface area contributed by atoms with Gasteiger partial charge in [-0.15, -0.1) is 0 Å². The highest BCUT2D eigenvalue weighted by Crippen LogP contribution is 2.37. The number of aromatic nitrogens is 4. The first kappa shape index (κ1) is 24.8. The van der Waals surface area contributed by atoms with E-state index in [1.807, 2.05) is 6.07 Å². The fraction of sp³-hybridized carbons (Fsp3) is 0.433. The van der Waals surface area contributed by atoms with Crippen molar-refractivity contribution in [3.63, 3.8) is 0 Å². The lowest BCUT2D eigenvalue weighted by Crippen LogP contribution is -2.49. The highest BCUT2D eigenvalue weighted by molar-refractivity contribution is 5.98. The fourth-order valence-corrected chi connectivity index (χ4v) is 6.11. The average Bonchev–Trinajstić information content (AvgIpc) is 3.35. The standard InChI is InChI=1S/C30H38N8/c1-21(22-6-4-3-5-7-22)34-24-10-8-23(9-11-24)28-27-29(31)32-20-33-30(27)38(35-28)26-14-12-25(13-15-26)37-18-16-36(2)17-19-37/h3-11,20-21,25-26,34H,12-19H2,1-2H3,(H2,31,32,33). The number of nitrogens with two attached hydrogens (primary N) is 1. The van der Waals surface area contributed by atoms with E-state index in [9.17, 15) is 0 Å². The minimum absolute atomic E-state index is 0.215.